The van der Waals surface area contributed by atoms with Gasteiger partial charge < -0.3 is 4.74 Å². The van der Waals surface area contributed by atoms with Gasteiger partial charge in [-0.15, -0.1) is 0 Å². The van der Waals surface area contributed by atoms with Crippen molar-refractivity contribution in [2.75, 3.05) is 13.7 Å². The largest absolute Gasteiger partial charge is 0.377 e. The maximum absolute atomic E-state index is 11.3. The third-order valence-corrected chi connectivity index (χ3v) is 3.66. The molecule has 0 bridgehead atoms. The Bertz CT molecular complexity index is 244. The van der Waals surface area contributed by atoms with Gasteiger partial charge in [0.05, 0.1) is 10.9 Å². The third-order valence-electron chi connectivity index (χ3n) is 1.87. The molecule has 0 aliphatic carbocycles. The standard InChI is InChI=1S/C8H19NO3S/c1-7(2)13(10,11)9-6-8(3,4)12-5/h7,9H,6H2,1-5H3. The zero-order chi connectivity index (χ0) is 10.7. The normalized spacial score (nSPS) is 13.7. The van der Waals surface area contributed by atoms with E-state index in [2.05, 4.69) is 4.72 Å². The van der Waals surface area contributed by atoms with E-state index in [9.17, 15) is 8.42 Å². The molecule has 0 aliphatic heterocycles. The first-order valence-electron chi connectivity index (χ1n) is 4.25. The molecule has 0 saturated carbocycles. The van der Waals surface area contributed by atoms with E-state index in [0.717, 1.165) is 0 Å². The molecule has 0 aromatic heterocycles. The van der Waals surface area contributed by atoms with Crippen LogP contribution in [0.15, 0.2) is 0 Å². The molecule has 80 valence electrons. The van der Waals surface area contributed by atoms with Crippen molar-refractivity contribution in [1.82, 2.24) is 4.72 Å². The number of methoxy groups -OCH3 is 1. The van der Waals surface area contributed by atoms with Crippen molar-refractivity contribution in [3.05, 3.63) is 0 Å². The molecule has 0 rings (SSSR count). The van der Waals surface area contributed by atoms with Crippen LogP contribution >= 0.6 is 0 Å². The number of hydrogen-bond acceptors (Lipinski definition) is 3. The highest BCUT2D eigenvalue weighted by Gasteiger charge is 2.22. The fraction of sp³-hybridized carbons (Fsp3) is 1.00. The summed E-state index contributed by atoms with van der Waals surface area (Å²) < 4.78 is 30.2. The molecule has 0 spiro atoms. The average Bonchev–Trinajstić information content (AvgIpc) is 2.01. The molecule has 0 aliphatic rings. The van der Waals surface area contributed by atoms with Crippen molar-refractivity contribution < 1.29 is 13.2 Å². The van der Waals surface area contributed by atoms with E-state index in [-0.39, 0.29) is 0 Å². The van der Waals surface area contributed by atoms with Crippen LogP contribution < -0.4 is 4.72 Å². The summed E-state index contributed by atoms with van der Waals surface area (Å²) in [7, 11) is -1.61. The summed E-state index contributed by atoms with van der Waals surface area (Å²) in [6.07, 6.45) is 0. The van der Waals surface area contributed by atoms with Gasteiger partial charge in [0, 0.05) is 13.7 Å². The topological polar surface area (TPSA) is 55.4 Å². The second kappa shape index (κ2) is 4.39. The van der Waals surface area contributed by atoms with Crippen LogP contribution in [-0.2, 0) is 14.8 Å². The molecule has 0 atom stereocenters. The monoisotopic (exact) mass is 209 g/mol. The number of rotatable bonds is 5. The van der Waals surface area contributed by atoms with Crippen LogP contribution in [0.2, 0.25) is 0 Å². The molecule has 0 radical (unpaired) electrons. The molecule has 0 fully saturated rings. The van der Waals surface area contributed by atoms with Gasteiger partial charge in [-0.25, -0.2) is 13.1 Å². The molecular formula is C8H19NO3S. The predicted molar refractivity (Wildman–Crippen MR) is 53.1 cm³/mol. The molecule has 4 nitrogen and oxygen atoms in total. The van der Waals surface area contributed by atoms with Crippen molar-refractivity contribution >= 4 is 10.0 Å². The van der Waals surface area contributed by atoms with Crippen LogP contribution in [0.3, 0.4) is 0 Å². The van der Waals surface area contributed by atoms with Gasteiger partial charge in [-0.2, -0.15) is 0 Å². The Morgan fingerprint density at radius 2 is 1.85 bits per heavy atom. The quantitative estimate of drug-likeness (QED) is 0.726. The maximum atomic E-state index is 11.3. The SMILES string of the molecule is COC(C)(C)CNS(=O)(=O)C(C)C. The number of sulfonamides is 1. The van der Waals surface area contributed by atoms with Crippen LogP contribution in [0.5, 0.6) is 0 Å². The Hall–Kier alpha value is -0.130. The van der Waals surface area contributed by atoms with Gasteiger partial charge >= 0.3 is 0 Å². The molecular weight excluding hydrogens is 190 g/mol. The molecule has 0 saturated heterocycles. The van der Waals surface area contributed by atoms with Gasteiger partial charge in [-0.05, 0) is 27.7 Å². The van der Waals surface area contributed by atoms with Crippen LogP contribution in [0, 0.1) is 0 Å². The lowest BCUT2D eigenvalue weighted by Gasteiger charge is -2.23. The highest BCUT2D eigenvalue weighted by Crippen LogP contribution is 2.06. The van der Waals surface area contributed by atoms with E-state index < -0.39 is 20.9 Å². The third kappa shape index (κ3) is 4.59. The summed E-state index contributed by atoms with van der Waals surface area (Å²) >= 11 is 0. The van der Waals surface area contributed by atoms with Gasteiger partial charge in [-0.3, -0.25) is 0 Å². The summed E-state index contributed by atoms with van der Waals surface area (Å²) in [6, 6.07) is 0. The molecule has 0 amide bonds. The first kappa shape index (κ1) is 12.9. The fourth-order valence-electron chi connectivity index (χ4n) is 0.513. The lowest BCUT2D eigenvalue weighted by molar-refractivity contribution is 0.0276. The molecule has 1 N–H and O–H groups in total. The van der Waals surface area contributed by atoms with Gasteiger partial charge in [0.15, 0.2) is 0 Å². The molecule has 0 heterocycles. The van der Waals surface area contributed by atoms with Crippen LogP contribution in [-0.4, -0.2) is 32.9 Å². The highest BCUT2D eigenvalue weighted by molar-refractivity contribution is 7.90. The highest BCUT2D eigenvalue weighted by atomic mass is 32.2. The minimum Gasteiger partial charge on any atom is -0.377 e. The van der Waals surface area contributed by atoms with Crippen LogP contribution in [0.4, 0.5) is 0 Å². The molecule has 5 heteroatoms. The Labute approximate surface area is 80.7 Å². The molecule has 0 unspecified atom stereocenters. The second-order valence-corrected chi connectivity index (χ2v) is 6.20. The van der Waals surface area contributed by atoms with Gasteiger partial charge in [-0.1, -0.05) is 0 Å². The Balaban J connectivity index is 4.19. The van der Waals surface area contributed by atoms with Crippen LogP contribution in [0.25, 0.3) is 0 Å². The van der Waals surface area contributed by atoms with Gasteiger partial charge in [0.2, 0.25) is 10.0 Å². The van der Waals surface area contributed by atoms with Crippen LogP contribution in [0.1, 0.15) is 27.7 Å². The summed E-state index contributed by atoms with van der Waals surface area (Å²) in [4.78, 5) is 0. The number of hydrogen-bond donors (Lipinski definition) is 1. The Morgan fingerprint density at radius 1 is 1.38 bits per heavy atom. The number of nitrogens with one attached hydrogen (secondary N) is 1. The number of ether oxygens (including phenoxy) is 1. The fourth-order valence-corrected chi connectivity index (χ4v) is 1.40. The maximum Gasteiger partial charge on any atom is 0.214 e. The van der Waals surface area contributed by atoms with E-state index >= 15 is 0 Å². The van der Waals surface area contributed by atoms with E-state index in [1.165, 1.54) is 0 Å². The lowest BCUT2D eigenvalue weighted by Crippen LogP contribution is -2.42. The first-order chi connectivity index (χ1) is 5.71. The Kier molecular flexibility index (Phi) is 4.35. The summed E-state index contributed by atoms with van der Waals surface area (Å²) in [5.74, 6) is 0. The van der Waals surface area contributed by atoms with Gasteiger partial charge in [0.25, 0.3) is 0 Å². The Morgan fingerprint density at radius 3 is 2.15 bits per heavy atom. The summed E-state index contributed by atoms with van der Waals surface area (Å²) in [5, 5.41) is -0.403. The van der Waals surface area contributed by atoms with E-state index in [0.29, 0.717) is 6.54 Å². The van der Waals surface area contributed by atoms with Crippen molar-refractivity contribution in [2.45, 2.75) is 38.5 Å². The average molecular weight is 209 g/mol. The van der Waals surface area contributed by atoms with Crippen molar-refractivity contribution in [3.8, 4) is 0 Å². The molecule has 13 heavy (non-hydrogen) atoms. The van der Waals surface area contributed by atoms with Crippen molar-refractivity contribution in [1.29, 1.82) is 0 Å². The smallest absolute Gasteiger partial charge is 0.214 e. The van der Waals surface area contributed by atoms with E-state index in [4.69, 9.17) is 4.74 Å². The lowest BCUT2D eigenvalue weighted by atomic mass is 10.1. The first-order valence-corrected chi connectivity index (χ1v) is 5.79. The van der Waals surface area contributed by atoms with E-state index in [1.54, 1.807) is 21.0 Å². The summed E-state index contributed by atoms with van der Waals surface area (Å²) in [6.45, 7) is 7.24. The van der Waals surface area contributed by atoms with Gasteiger partial charge in [0.1, 0.15) is 0 Å². The summed E-state index contributed by atoms with van der Waals surface area (Å²) in [5.41, 5.74) is -0.456. The second-order valence-electron chi connectivity index (χ2n) is 3.88. The van der Waals surface area contributed by atoms with Crippen molar-refractivity contribution in [3.63, 3.8) is 0 Å². The molecule has 0 aromatic rings. The minimum absolute atomic E-state index is 0.296. The minimum atomic E-state index is -3.17. The predicted octanol–water partition coefficient (Wildman–Crippen LogP) is 0.739. The van der Waals surface area contributed by atoms with E-state index in [1.807, 2.05) is 13.8 Å². The van der Waals surface area contributed by atoms with Crippen molar-refractivity contribution in [2.24, 2.45) is 0 Å². The molecule has 0 aromatic carbocycles. The zero-order valence-electron chi connectivity index (χ0n) is 8.92. The zero-order valence-corrected chi connectivity index (χ0v) is 9.73.